The van der Waals surface area contributed by atoms with Crippen LogP contribution in [0.5, 0.6) is 10.8 Å². The summed E-state index contributed by atoms with van der Waals surface area (Å²) in [6.07, 6.45) is -0.754. The summed E-state index contributed by atoms with van der Waals surface area (Å²) in [5.74, 6) is 0.560. The molecule has 106 valence electrons. The van der Waals surface area contributed by atoms with Crippen molar-refractivity contribution in [1.82, 2.24) is 0 Å². The van der Waals surface area contributed by atoms with Gasteiger partial charge in [0.15, 0.2) is 0 Å². The molecule has 1 atom stereocenters. The van der Waals surface area contributed by atoms with Crippen LogP contribution in [0.15, 0.2) is 24.3 Å². The van der Waals surface area contributed by atoms with Crippen LogP contribution in [0.25, 0.3) is 0 Å². The summed E-state index contributed by atoms with van der Waals surface area (Å²) < 4.78 is 5.63. The van der Waals surface area contributed by atoms with Crippen LogP contribution in [0.3, 0.4) is 0 Å². The standard InChI is InChI=1S/C14H15NO4S/c1-8-4-9(2)6-11(5-8)19-14-12(15(17)18)7-13(20-14)10(3)16/h4-7,10,16H,1-3H3. The highest BCUT2D eigenvalue weighted by Gasteiger charge is 2.23. The van der Waals surface area contributed by atoms with Crippen molar-refractivity contribution in [1.29, 1.82) is 0 Å². The Bertz CT molecular complexity index is 628. The van der Waals surface area contributed by atoms with E-state index in [0.717, 1.165) is 22.5 Å². The summed E-state index contributed by atoms with van der Waals surface area (Å²) in [4.78, 5) is 11.0. The summed E-state index contributed by atoms with van der Waals surface area (Å²) in [5.41, 5.74) is 1.93. The van der Waals surface area contributed by atoms with E-state index >= 15 is 0 Å². The van der Waals surface area contributed by atoms with E-state index in [4.69, 9.17) is 4.74 Å². The van der Waals surface area contributed by atoms with Crippen LogP contribution in [0.2, 0.25) is 0 Å². The van der Waals surface area contributed by atoms with Gasteiger partial charge < -0.3 is 9.84 Å². The normalized spacial score (nSPS) is 12.2. The molecule has 0 aliphatic carbocycles. The van der Waals surface area contributed by atoms with Crippen molar-refractivity contribution in [3.8, 4) is 10.8 Å². The number of aryl methyl sites for hydroxylation is 2. The van der Waals surface area contributed by atoms with Crippen LogP contribution in [0.4, 0.5) is 5.69 Å². The molecule has 0 aliphatic heterocycles. The molecule has 0 fully saturated rings. The van der Waals surface area contributed by atoms with E-state index in [-0.39, 0.29) is 10.8 Å². The Morgan fingerprint density at radius 1 is 1.25 bits per heavy atom. The molecular formula is C14H15NO4S. The zero-order valence-electron chi connectivity index (χ0n) is 11.4. The quantitative estimate of drug-likeness (QED) is 0.680. The summed E-state index contributed by atoms with van der Waals surface area (Å²) >= 11 is 1.09. The van der Waals surface area contributed by atoms with Gasteiger partial charge in [-0.05, 0) is 44.0 Å². The molecule has 0 saturated carbocycles. The highest BCUT2D eigenvalue weighted by Crippen LogP contribution is 2.42. The van der Waals surface area contributed by atoms with Gasteiger partial charge in [0.05, 0.1) is 11.0 Å². The Hall–Kier alpha value is -1.92. The molecule has 1 heterocycles. The molecule has 0 radical (unpaired) electrons. The lowest BCUT2D eigenvalue weighted by Gasteiger charge is -2.05. The second kappa shape index (κ2) is 5.60. The second-order valence-corrected chi connectivity index (χ2v) is 5.73. The molecule has 1 aromatic carbocycles. The minimum atomic E-state index is -0.754. The van der Waals surface area contributed by atoms with E-state index in [1.165, 1.54) is 6.07 Å². The van der Waals surface area contributed by atoms with Crippen LogP contribution >= 0.6 is 11.3 Å². The highest BCUT2D eigenvalue weighted by molar-refractivity contribution is 7.14. The van der Waals surface area contributed by atoms with Gasteiger partial charge >= 0.3 is 5.69 Å². The van der Waals surface area contributed by atoms with Gasteiger partial charge in [0.25, 0.3) is 5.06 Å². The molecule has 6 heteroatoms. The van der Waals surface area contributed by atoms with Crippen LogP contribution in [-0.2, 0) is 0 Å². The van der Waals surface area contributed by atoms with E-state index in [1.807, 2.05) is 32.0 Å². The van der Waals surface area contributed by atoms with Crippen molar-refractivity contribution in [3.63, 3.8) is 0 Å². The third-order valence-electron chi connectivity index (χ3n) is 2.71. The van der Waals surface area contributed by atoms with Crippen LogP contribution in [-0.4, -0.2) is 10.0 Å². The number of benzene rings is 1. The zero-order chi connectivity index (χ0) is 14.9. The maximum absolute atomic E-state index is 11.0. The monoisotopic (exact) mass is 293 g/mol. The smallest absolute Gasteiger partial charge is 0.323 e. The van der Waals surface area contributed by atoms with Crippen molar-refractivity contribution in [2.24, 2.45) is 0 Å². The first-order chi connectivity index (χ1) is 9.36. The molecule has 0 aliphatic rings. The minimum absolute atomic E-state index is 0.120. The maximum Gasteiger partial charge on any atom is 0.323 e. The summed E-state index contributed by atoms with van der Waals surface area (Å²) in [5, 5.41) is 20.8. The Morgan fingerprint density at radius 3 is 2.35 bits per heavy atom. The number of ether oxygens (including phenoxy) is 1. The van der Waals surface area contributed by atoms with Crippen LogP contribution in [0, 0.1) is 24.0 Å². The molecule has 2 aromatic rings. The van der Waals surface area contributed by atoms with E-state index < -0.39 is 11.0 Å². The first-order valence-electron chi connectivity index (χ1n) is 6.09. The molecular weight excluding hydrogens is 278 g/mol. The summed E-state index contributed by atoms with van der Waals surface area (Å²) in [6, 6.07) is 6.99. The van der Waals surface area contributed by atoms with E-state index in [1.54, 1.807) is 6.92 Å². The Kier molecular flexibility index (Phi) is 4.06. The van der Waals surface area contributed by atoms with Gasteiger partial charge in [-0.2, -0.15) is 0 Å². The maximum atomic E-state index is 11.0. The Labute approximate surface area is 120 Å². The van der Waals surface area contributed by atoms with Crippen LogP contribution in [0.1, 0.15) is 29.0 Å². The largest absolute Gasteiger partial charge is 0.440 e. The zero-order valence-corrected chi connectivity index (χ0v) is 12.2. The first kappa shape index (κ1) is 14.5. The molecule has 1 unspecified atom stereocenters. The molecule has 0 amide bonds. The van der Waals surface area contributed by atoms with Gasteiger partial charge in [0.1, 0.15) is 5.75 Å². The lowest BCUT2D eigenvalue weighted by atomic mass is 10.1. The van der Waals surface area contributed by atoms with Crippen molar-refractivity contribution in [2.45, 2.75) is 26.9 Å². The number of hydrogen-bond donors (Lipinski definition) is 1. The third kappa shape index (κ3) is 3.15. The third-order valence-corrected chi connectivity index (χ3v) is 3.89. The molecule has 0 bridgehead atoms. The van der Waals surface area contributed by atoms with Gasteiger partial charge in [0.2, 0.25) is 0 Å². The lowest BCUT2D eigenvalue weighted by molar-refractivity contribution is -0.385. The summed E-state index contributed by atoms with van der Waals surface area (Å²) in [7, 11) is 0. The van der Waals surface area contributed by atoms with Crippen LogP contribution < -0.4 is 4.74 Å². The average molecular weight is 293 g/mol. The fourth-order valence-corrected chi connectivity index (χ4v) is 2.82. The summed E-state index contributed by atoms with van der Waals surface area (Å²) in [6.45, 7) is 5.43. The first-order valence-corrected chi connectivity index (χ1v) is 6.91. The molecule has 1 aromatic heterocycles. The number of nitro groups is 1. The number of aliphatic hydroxyl groups excluding tert-OH is 1. The minimum Gasteiger partial charge on any atom is -0.440 e. The number of hydrogen-bond acceptors (Lipinski definition) is 5. The van der Waals surface area contributed by atoms with Gasteiger partial charge in [-0.1, -0.05) is 17.4 Å². The van der Waals surface area contributed by atoms with Gasteiger partial charge in [-0.15, -0.1) is 0 Å². The van der Waals surface area contributed by atoms with Crippen molar-refractivity contribution >= 4 is 17.0 Å². The van der Waals surface area contributed by atoms with Gasteiger partial charge in [-0.25, -0.2) is 0 Å². The molecule has 1 N–H and O–H groups in total. The molecule has 2 rings (SSSR count). The SMILES string of the molecule is Cc1cc(C)cc(Oc2sc(C(C)O)cc2[N+](=O)[O-])c1. The predicted molar refractivity (Wildman–Crippen MR) is 77.6 cm³/mol. The fraction of sp³-hybridized carbons (Fsp3) is 0.286. The van der Waals surface area contributed by atoms with Gasteiger partial charge in [-0.3, -0.25) is 10.1 Å². The average Bonchev–Trinajstić information content (AvgIpc) is 2.71. The van der Waals surface area contributed by atoms with Crippen molar-refractivity contribution in [2.75, 3.05) is 0 Å². The van der Waals surface area contributed by atoms with E-state index in [2.05, 4.69) is 0 Å². The number of rotatable bonds is 4. The Morgan fingerprint density at radius 2 is 1.85 bits per heavy atom. The topological polar surface area (TPSA) is 72.6 Å². The van der Waals surface area contributed by atoms with E-state index in [9.17, 15) is 15.2 Å². The highest BCUT2D eigenvalue weighted by atomic mass is 32.1. The number of aliphatic hydroxyl groups is 1. The Balaban J connectivity index is 2.39. The fourth-order valence-electron chi connectivity index (χ4n) is 1.89. The molecule has 0 saturated heterocycles. The van der Waals surface area contributed by atoms with E-state index in [0.29, 0.717) is 10.6 Å². The van der Waals surface area contributed by atoms with Crippen molar-refractivity contribution in [3.05, 3.63) is 50.4 Å². The molecule has 5 nitrogen and oxygen atoms in total. The second-order valence-electron chi connectivity index (χ2n) is 4.68. The number of thiophene rings is 1. The lowest BCUT2D eigenvalue weighted by Crippen LogP contribution is -1.90. The molecule has 20 heavy (non-hydrogen) atoms. The predicted octanol–water partition coefficient (Wildman–Crippen LogP) is 4.12. The molecule has 0 spiro atoms. The van der Waals surface area contributed by atoms with Crippen molar-refractivity contribution < 1.29 is 14.8 Å². The number of nitrogens with zero attached hydrogens (tertiary/aromatic N) is 1. The van der Waals surface area contributed by atoms with Gasteiger partial charge in [0, 0.05) is 10.9 Å².